The third-order valence-electron chi connectivity index (χ3n) is 7.43. The molecule has 4 aromatic heterocycles. The van der Waals surface area contributed by atoms with Crippen LogP contribution in [0.15, 0.2) is 35.6 Å². The quantitative estimate of drug-likeness (QED) is 0.418. The summed E-state index contributed by atoms with van der Waals surface area (Å²) in [5.41, 5.74) is 9.70. The van der Waals surface area contributed by atoms with E-state index < -0.39 is 9.84 Å². The minimum atomic E-state index is -3.69. The molecular formula is C25H27N7O3S2. The number of thiazole rings is 1. The fraction of sp³-hybridized carbons (Fsp3) is 0.400. The molecule has 10 nitrogen and oxygen atoms in total. The molecule has 0 saturated carbocycles. The van der Waals surface area contributed by atoms with E-state index in [9.17, 15) is 13.2 Å². The Kier molecular flexibility index (Phi) is 5.57. The molecule has 0 radical (unpaired) electrons. The first-order valence-corrected chi connectivity index (χ1v) is 14.9. The molecule has 0 aliphatic carbocycles. The summed E-state index contributed by atoms with van der Waals surface area (Å²) in [5.74, 6) is -0.00130. The van der Waals surface area contributed by atoms with Gasteiger partial charge in [0.15, 0.2) is 15.5 Å². The van der Waals surface area contributed by atoms with Crippen molar-refractivity contribution in [3.8, 4) is 21.8 Å². The van der Waals surface area contributed by atoms with Gasteiger partial charge in [-0.05, 0) is 38.7 Å². The molecule has 2 aliphatic heterocycles. The number of hydrogen-bond donors (Lipinski definition) is 1. The number of rotatable bonds is 4. The number of anilines is 1. The third kappa shape index (κ3) is 3.98. The van der Waals surface area contributed by atoms with E-state index in [0.29, 0.717) is 29.7 Å². The number of nitrogens with zero attached hydrogens (tertiary/aromatic N) is 6. The van der Waals surface area contributed by atoms with Crippen molar-refractivity contribution < 1.29 is 13.2 Å². The summed E-state index contributed by atoms with van der Waals surface area (Å²) < 4.78 is 27.2. The fourth-order valence-electron chi connectivity index (χ4n) is 5.95. The number of carbonyl (C=O) groups excluding carboxylic acids is 1. The molecule has 0 aromatic carbocycles. The topological polar surface area (TPSA) is 136 Å². The predicted molar refractivity (Wildman–Crippen MR) is 141 cm³/mol. The van der Waals surface area contributed by atoms with Crippen LogP contribution in [0, 0.1) is 6.92 Å². The van der Waals surface area contributed by atoms with Gasteiger partial charge in [0, 0.05) is 59.6 Å². The normalized spacial score (nSPS) is 21.6. The Morgan fingerprint density at radius 1 is 1.11 bits per heavy atom. The second-order valence-corrected chi connectivity index (χ2v) is 13.2. The lowest BCUT2D eigenvalue weighted by atomic mass is 9.87. The number of piperidine rings is 1. The van der Waals surface area contributed by atoms with E-state index in [4.69, 9.17) is 10.7 Å². The third-order valence-corrected chi connectivity index (χ3v) is 9.53. The van der Waals surface area contributed by atoms with Crippen LogP contribution in [-0.4, -0.2) is 62.1 Å². The maximum atomic E-state index is 12.9. The second kappa shape index (κ2) is 8.59. The minimum Gasteiger partial charge on any atom is -0.382 e. The summed E-state index contributed by atoms with van der Waals surface area (Å²) in [6.07, 6.45) is 9.52. The summed E-state index contributed by atoms with van der Waals surface area (Å²) in [6.45, 7) is 3.60. The van der Waals surface area contributed by atoms with Crippen molar-refractivity contribution in [2.75, 3.05) is 12.0 Å². The van der Waals surface area contributed by atoms with Gasteiger partial charge >= 0.3 is 0 Å². The Morgan fingerprint density at radius 3 is 2.41 bits per heavy atom. The Hall–Kier alpha value is -3.38. The van der Waals surface area contributed by atoms with E-state index in [1.54, 1.807) is 30.7 Å². The lowest BCUT2D eigenvalue weighted by Crippen LogP contribution is -2.45. The fourth-order valence-corrected chi connectivity index (χ4v) is 7.75. The molecule has 12 heteroatoms. The van der Waals surface area contributed by atoms with Crippen LogP contribution >= 0.6 is 11.3 Å². The molecule has 2 N–H and O–H groups in total. The van der Waals surface area contributed by atoms with Crippen molar-refractivity contribution in [3.63, 3.8) is 0 Å². The van der Waals surface area contributed by atoms with Crippen LogP contribution < -0.4 is 5.73 Å². The van der Waals surface area contributed by atoms with Crippen LogP contribution in [0.1, 0.15) is 49.1 Å². The number of pyridine rings is 1. The van der Waals surface area contributed by atoms with E-state index >= 15 is 0 Å². The molecule has 3 atom stereocenters. The van der Waals surface area contributed by atoms with Gasteiger partial charge in [0.1, 0.15) is 15.7 Å². The van der Waals surface area contributed by atoms with Gasteiger partial charge in [0.05, 0.1) is 17.6 Å². The van der Waals surface area contributed by atoms with Gasteiger partial charge in [-0.2, -0.15) is 9.61 Å². The van der Waals surface area contributed by atoms with Crippen molar-refractivity contribution >= 4 is 38.5 Å². The Bertz CT molecular complexity index is 1630. The van der Waals surface area contributed by atoms with Gasteiger partial charge in [0.2, 0.25) is 5.91 Å². The predicted octanol–water partition coefficient (Wildman–Crippen LogP) is 3.47. The summed E-state index contributed by atoms with van der Waals surface area (Å²) in [4.78, 5) is 29.2. The molecule has 2 aliphatic rings. The Labute approximate surface area is 218 Å². The van der Waals surface area contributed by atoms with Crippen LogP contribution in [0.5, 0.6) is 0 Å². The number of hydrogen-bond acceptors (Lipinski definition) is 9. The summed E-state index contributed by atoms with van der Waals surface area (Å²) in [5, 5.41) is 5.24. The van der Waals surface area contributed by atoms with Crippen LogP contribution in [-0.2, 0) is 14.6 Å². The first kappa shape index (κ1) is 24.0. The van der Waals surface area contributed by atoms with Crippen molar-refractivity contribution in [2.24, 2.45) is 0 Å². The summed E-state index contributed by atoms with van der Waals surface area (Å²) in [6, 6.07) is 4.01. The monoisotopic (exact) mass is 537 g/mol. The number of carbonyl (C=O) groups is 1. The van der Waals surface area contributed by atoms with E-state index in [1.807, 2.05) is 30.2 Å². The zero-order valence-electron chi connectivity index (χ0n) is 20.7. The number of aromatic nitrogens is 5. The molecule has 0 spiro atoms. The minimum absolute atomic E-state index is 0.0305. The first-order chi connectivity index (χ1) is 17.6. The zero-order valence-corrected chi connectivity index (χ0v) is 22.4. The highest BCUT2D eigenvalue weighted by Gasteiger charge is 2.44. The van der Waals surface area contributed by atoms with Gasteiger partial charge in [-0.3, -0.25) is 9.78 Å². The molecule has 192 valence electrons. The molecule has 1 unspecified atom stereocenters. The van der Waals surface area contributed by atoms with Crippen molar-refractivity contribution in [1.82, 2.24) is 29.5 Å². The molecule has 6 heterocycles. The molecule has 2 saturated heterocycles. The molecule has 1 amide bonds. The van der Waals surface area contributed by atoms with Crippen molar-refractivity contribution in [3.05, 3.63) is 41.3 Å². The van der Waals surface area contributed by atoms with E-state index in [0.717, 1.165) is 40.2 Å². The van der Waals surface area contributed by atoms with Gasteiger partial charge in [-0.25, -0.2) is 18.4 Å². The highest BCUT2D eigenvalue weighted by Crippen LogP contribution is 2.45. The maximum Gasteiger partial charge on any atom is 0.219 e. The van der Waals surface area contributed by atoms with Gasteiger partial charge in [-0.15, -0.1) is 11.3 Å². The zero-order chi connectivity index (χ0) is 26.1. The number of fused-ring (bicyclic) bond motifs is 3. The molecule has 37 heavy (non-hydrogen) atoms. The standard InChI is InChI=1S/C25H27N7O3S2/c1-13-10-28-25(36-13)20-7-4-15(11-27-20)19-12-29-32-23(26)22(37(3,34)35)21(30-24(19)32)16-8-17-5-6-18(9-16)31(17)14(2)33/h4,7,10-12,16-18H,5-6,8-9,26H2,1-3H3/t16?,17-,18+. The van der Waals surface area contributed by atoms with Gasteiger partial charge in [0.25, 0.3) is 0 Å². The van der Waals surface area contributed by atoms with Crippen molar-refractivity contribution in [2.45, 2.75) is 62.4 Å². The van der Waals surface area contributed by atoms with E-state index in [-0.39, 0.29) is 34.6 Å². The second-order valence-electron chi connectivity index (χ2n) is 9.97. The molecule has 2 bridgehead atoms. The van der Waals surface area contributed by atoms with Crippen LogP contribution in [0.3, 0.4) is 0 Å². The Morgan fingerprint density at radius 2 is 1.84 bits per heavy atom. The number of amides is 1. The maximum absolute atomic E-state index is 12.9. The van der Waals surface area contributed by atoms with E-state index in [1.165, 1.54) is 4.52 Å². The van der Waals surface area contributed by atoms with Gasteiger partial charge in [-0.1, -0.05) is 6.07 Å². The summed E-state index contributed by atoms with van der Waals surface area (Å²) >= 11 is 1.58. The largest absolute Gasteiger partial charge is 0.382 e. The van der Waals surface area contributed by atoms with Crippen LogP contribution in [0.4, 0.5) is 5.82 Å². The average Bonchev–Trinajstić information content (AvgIpc) is 3.54. The average molecular weight is 538 g/mol. The SMILES string of the molecule is CC(=O)N1[C@@H]2CC[C@H]1CC(c1nc3c(-c4ccc(-c5ncc(C)s5)nc4)cnn3c(N)c1S(C)(=O)=O)C2. The summed E-state index contributed by atoms with van der Waals surface area (Å²) in [7, 11) is -3.69. The Balaban J connectivity index is 1.45. The number of sulfone groups is 1. The molecule has 2 fully saturated rings. The lowest BCUT2D eigenvalue weighted by molar-refractivity contribution is -0.133. The molecular weight excluding hydrogens is 510 g/mol. The lowest BCUT2D eigenvalue weighted by Gasteiger charge is -2.38. The number of nitrogen functional groups attached to an aromatic ring is 1. The smallest absolute Gasteiger partial charge is 0.219 e. The first-order valence-electron chi connectivity index (χ1n) is 12.2. The van der Waals surface area contributed by atoms with E-state index in [2.05, 4.69) is 15.1 Å². The van der Waals surface area contributed by atoms with Gasteiger partial charge < -0.3 is 10.6 Å². The number of aryl methyl sites for hydroxylation is 1. The van der Waals surface area contributed by atoms with Crippen molar-refractivity contribution in [1.29, 1.82) is 0 Å². The molecule has 4 aromatic rings. The van der Waals surface area contributed by atoms with Crippen LogP contribution in [0.25, 0.3) is 27.5 Å². The highest BCUT2D eigenvalue weighted by atomic mass is 32.2. The molecule has 6 rings (SSSR count). The van der Waals surface area contributed by atoms with Crippen LogP contribution in [0.2, 0.25) is 0 Å². The number of nitrogens with two attached hydrogens (primary N) is 1. The highest BCUT2D eigenvalue weighted by molar-refractivity contribution is 7.91.